The molecule has 0 aromatic carbocycles. The van der Waals surface area contributed by atoms with Gasteiger partial charge in [0.2, 0.25) is 0 Å². The zero-order chi connectivity index (χ0) is 13.9. The molecular formula is C15H28N2O2. The first-order valence-corrected chi connectivity index (χ1v) is 7.75. The van der Waals surface area contributed by atoms with Crippen molar-refractivity contribution in [1.29, 1.82) is 0 Å². The third-order valence-corrected chi connectivity index (χ3v) is 4.80. The maximum Gasteiger partial charge on any atom is 0.310 e. The molecule has 0 aliphatic carbocycles. The van der Waals surface area contributed by atoms with Gasteiger partial charge in [-0.1, -0.05) is 13.3 Å². The molecular weight excluding hydrogens is 240 g/mol. The summed E-state index contributed by atoms with van der Waals surface area (Å²) in [7, 11) is 0. The third-order valence-electron chi connectivity index (χ3n) is 4.80. The van der Waals surface area contributed by atoms with Crippen molar-refractivity contribution >= 4 is 5.97 Å². The maximum absolute atomic E-state index is 11.5. The Bertz CT molecular complexity index is 315. The van der Waals surface area contributed by atoms with E-state index in [-0.39, 0.29) is 0 Å². The van der Waals surface area contributed by atoms with Crippen LogP contribution < -0.4 is 0 Å². The monoisotopic (exact) mass is 268 g/mol. The van der Waals surface area contributed by atoms with E-state index >= 15 is 0 Å². The highest BCUT2D eigenvalue weighted by Crippen LogP contribution is 2.28. The number of likely N-dealkylation sites (tertiary alicyclic amines) is 2. The van der Waals surface area contributed by atoms with Gasteiger partial charge in [0.05, 0.1) is 5.41 Å². The lowest BCUT2D eigenvalue weighted by molar-refractivity contribution is -0.149. The second-order valence-electron chi connectivity index (χ2n) is 6.54. The number of carboxylic acid groups (broad SMARTS) is 1. The van der Waals surface area contributed by atoms with Crippen molar-refractivity contribution in [3.63, 3.8) is 0 Å². The minimum atomic E-state index is -0.640. The van der Waals surface area contributed by atoms with E-state index in [4.69, 9.17) is 0 Å². The van der Waals surface area contributed by atoms with Gasteiger partial charge in [-0.2, -0.15) is 0 Å². The van der Waals surface area contributed by atoms with Gasteiger partial charge in [0.25, 0.3) is 0 Å². The van der Waals surface area contributed by atoms with Crippen LogP contribution in [0.15, 0.2) is 0 Å². The van der Waals surface area contributed by atoms with Crippen molar-refractivity contribution in [3.05, 3.63) is 0 Å². The summed E-state index contributed by atoms with van der Waals surface area (Å²) < 4.78 is 0. The summed E-state index contributed by atoms with van der Waals surface area (Å²) in [6, 6.07) is 0.669. The fraction of sp³-hybridized carbons (Fsp3) is 0.933. The number of nitrogens with zero attached hydrogens (tertiary/aromatic N) is 2. The lowest BCUT2D eigenvalue weighted by atomic mass is 9.85. The summed E-state index contributed by atoms with van der Waals surface area (Å²) in [5.41, 5.74) is -0.575. The van der Waals surface area contributed by atoms with Gasteiger partial charge in [-0.15, -0.1) is 0 Å². The summed E-state index contributed by atoms with van der Waals surface area (Å²) in [4.78, 5) is 16.5. The zero-order valence-corrected chi connectivity index (χ0v) is 12.4. The van der Waals surface area contributed by atoms with E-state index in [9.17, 15) is 9.90 Å². The van der Waals surface area contributed by atoms with Crippen molar-refractivity contribution in [1.82, 2.24) is 9.80 Å². The minimum Gasteiger partial charge on any atom is -0.481 e. The van der Waals surface area contributed by atoms with Crippen LogP contribution in [-0.4, -0.2) is 59.6 Å². The van der Waals surface area contributed by atoms with E-state index in [2.05, 4.69) is 16.7 Å². The molecule has 110 valence electrons. The summed E-state index contributed by atoms with van der Waals surface area (Å²) in [6.45, 7) is 9.29. The van der Waals surface area contributed by atoms with Crippen LogP contribution in [-0.2, 0) is 4.79 Å². The van der Waals surface area contributed by atoms with E-state index in [0.717, 1.165) is 25.9 Å². The Kier molecular flexibility index (Phi) is 4.85. The molecule has 0 saturated carbocycles. The van der Waals surface area contributed by atoms with Gasteiger partial charge in [0, 0.05) is 19.1 Å². The molecule has 2 atom stereocenters. The second-order valence-corrected chi connectivity index (χ2v) is 6.54. The number of hydrogen-bond acceptors (Lipinski definition) is 3. The first-order valence-electron chi connectivity index (χ1n) is 7.75. The highest BCUT2D eigenvalue weighted by molar-refractivity contribution is 5.74. The Morgan fingerprint density at radius 3 is 2.58 bits per heavy atom. The van der Waals surface area contributed by atoms with E-state index in [1.807, 2.05) is 6.92 Å². The van der Waals surface area contributed by atoms with Crippen LogP contribution in [0.3, 0.4) is 0 Å². The first kappa shape index (κ1) is 14.8. The maximum atomic E-state index is 11.5. The van der Waals surface area contributed by atoms with Gasteiger partial charge >= 0.3 is 5.97 Å². The number of rotatable bonds is 6. The zero-order valence-electron chi connectivity index (χ0n) is 12.4. The van der Waals surface area contributed by atoms with Crippen LogP contribution in [0.25, 0.3) is 0 Å². The molecule has 19 heavy (non-hydrogen) atoms. The third kappa shape index (κ3) is 3.48. The van der Waals surface area contributed by atoms with Gasteiger partial charge in [-0.05, 0) is 52.2 Å². The summed E-state index contributed by atoms with van der Waals surface area (Å²) in [5.74, 6) is -0.640. The number of carboxylic acids is 1. The molecule has 2 aliphatic rings. The predicted octanol–water partition coefficient (Wildman–Crippen LogP) is 2.05. The van der Waals surface area contributed by atoms with Gasteiger partial charge in [0.1, 0.15) is 0 Å². The van der Waals surface area contributed by atoms with Crippen molar-refractivity contribution in [2.45, 2.75) is 52.0 Å². The molecule has 0 radical (unpaired) electrons. The standard InChI is InChI=1S/C15H28N2O2/c1-3-7-15(2,14(18)19)12-16-10-6-13(11-16)17-8-4-5-9-17/h13H,3-12H2,1-2H3,(H,18,19). The fourth-order valence-electron chi connectivity index (χ4n) is 3.66. The average Bonchev–Trinajstić information content (AvgIpc) is 2.98. The summed E-state index contributed by atoms with van der Waals surface area (Å²) in [6.07, 6.45) is 5.58. The molecule has 4 heteroatoms. The van der Waals surface area contributed by atoms with Gasteiger partial charge in [-0.25, -0.2) is 0 Å². The van der Waals surface area contributed by atoms with Gasteiger partial charge in [-0.3, -0.25) is 9.69 Å². The Balaban J connectivity index is 1.87. The smallest absolute Gasteiger partial charge is 0.310 e. The normalized spacial score (nSPS) is 28.6. The predicted molar refractivity (Wildman–Crippen MR) is 76.3 cm³/mol. The fourth-order valence-corrected chi connectivity index (χ4v) is 3.66. The van der Waals surface area contributed by atoms with E-state index in [1.54, 1.807) is 0 Å². The Labute approximate surface area is 116 Å². The van der Waals surface area contributed by atoms with E-state index in [1.165, 1.54) is 32.4 Å². The lowest BCUT2D eigenvalue weighted by Crippen LogP contribution is -2.42. The van der Waals surface area contributed by atoms with Gasteiger partial charge in [0.15, 0.2) is 0 Å². The molecule has 0 bridgehead atoms. The largest absolute Gasteiger partial charge is 0.481 e. The van der Waals surface area contributed by atoms with Crippen molar-refractivity contribution in [2.24, 2.45) is 5.41 Å². The van der Waals surface area contributed by atoms with Crippen molar-refractivity contribution < 1.29 is 9.90 Å². The van der Waals surface area contributed by atoms with Crippen LogP contribution in [0.4, 0.5) is 0 Å². The van der Waals surface area contributed by atoms with Crippen molar-refractivity contribution in [3.8, 4) is 0 Å². The van der Waals surface area contributed by atoms with Gasteiger partial charge < -0.3 is 10.0 Å². The molecule has 0 aromatic heterocycles. The topological polar surface area (TPSA) is 43.8 Å². The highest BCUT2D eigenvalue weighted by Gasteiger charge is 2.37. The van der Waals surface area contributed by atoms with Crippen molar-refractivity contribution in [2.75, 3.05) is 32.7 Å². The Morgan fingerprint density at radius 2 is 2.00 bits per heavy atom. The molecule has 0 spiro atoms. The SMILES string of the molecule is CCCC(C)(CN1CCC(N2CCCC2)C1)C(=O)O. The molecule has 2 unspecified atom stereocenters. The number of hydrogen-bond donors (Lipinski definition) is 1. The molecule has 2 heterocycles. The molecule has 1 N–H and O–H groups in total. The Hall–Kier alpha value is -0.610. The van der Waals surface area contributed by atoms with Crippen LogP contribution in [0, 0.1) is 5.41 Å². The van der Waals surface area contributed by atoms with E-state index in [0.29, 0.717) is 12.6 Å². The first-order chi connectivity index (χ1) is 9.05. The average molecular weight is 268 g/mol. The number of aliphatic carboxylic acids is 1. The molecule has 4 nitrogen and oxygen atoms in total. The minimum absolute atomic E-state index is 0.575. The molecule has 2 rings (SSSR count). The van der Waals surface area contributed by atoms with E-state index < -0.39 is 11.4 Å². The molecule has 2 aliphatic heterocycles. The second kappa shape index (κ2) is 6.23. The van der Waals surface area contributed by atoms with Crippen LogP contribution >= 0.6 is 0 Å². The molecule has 2 fully saturated rings. The quantitative estimate of drug-likeness (QED) is 0.800. The summed E-state index contributed by atoms with van der Waals surface area (Å²) in [5, 5.41) is 9.46. The molecule has 0 amide bonds. The Morgan fingerprint density at radius 1 is 1.32 bits per heavy atom. The summed E-state index contributed by atoms with van der Waals surface area (Å²) >= 11 is 0. The highest BCUT2D eigenvalue weighted by atomic mass is 16.4. The molecule has 0 aromatic rings. The number of carbonyl (C=O) groups is 1. The lowest BCUT2D eigenvalue weighted by Gasteiger charge is -2.30. The van der Waals surface area contributed by atoms with Crippen LogP contribution in [0.2, 0.25) is 0 Å². The van der Waals surface area contributed by atoms with Crippen LogP contribution in [0.1, 0.15) is 46.0 Å². The van der Waals surface area contributed by atoms with Crippen LogP contribution in [0.5, 0.6) is 0 Å². The molecule has 2 saturated heterocycles.